The molecule has 0 heterocycles. The molecule has 3 amide bonds. The smallest absolute Gasteiger partial charge is 0.330 e. The number of hydrogen-bond donors (Lipinski definition) is 1. The van der Waals surface area contributed by atoms with Gasteiger partial charge in [0.25, 0.3) is 0 Å². The molecule has 0 unspecified atom stereocenters. The standard InChI is InChI=1S/C23H27ClN4O2.C7H11N.C2H2/c1-15-10-19(24)12-20(11-15)28(23(30)27(4)5)22(29)16(2)21(14-26-3)18-8-6-17(13-25)7-9-18;1-4-7(3)6-8-5-2;1-2/h6-12,16,21,26H,14H2,1-5H3;4-6H,2H2,1,3H3;1-2H/b;7-4-,8-6?;/t16-,21+;;/m0../s1. The lowest BCUT2D eigenvalue weighted by atomic mass is 9.85. The van der Waals surface area contributed by atoms with Gasteiger partial charge in [-0.05, 0) is 74.9 Å². The second kappa shape index (κ2) is 19.0. The van der Waals surface area contributed by atoms with Crippen LogP contribution < -0.4 is 10.2 Å². The molecule has 0 saturated carbocycles. The second-order valence-electron chi connectivity index (χ2n) is 9.02. The van der Waals surface area contributed by atoms with Crippen LogP contribution in [0, 0.1) is 37.0 Å². The summed E-state index contributed by atoms with van der Waals surface area (Å²) in [5, 5.41) is 12.6. The zero-order valence-corrected chi connectivity index (χ0v) is 25.2. The second-order valence-corrected chi connectivity index (χ2v) is 9.45. The molecule has 0 spiro atoms. The molecule has 8 heteroatoms. The van der Waals surface area contributed by atoms with Gasteiger partial charge in [0, 0.05) is 49.9 Å². The predicted molar refractivity (Wildman–Crippen MR) is 168 cm³/mol. The van der Waals surface area contributed by atoms with Gasteiger partial charge in [0.1, 0.15) is 0 Å². The fourth-order valence-electron chi connectivity index (χ4n) is 3.61. The summed E-state index contributed by atoms with van der Waals surface area (Å²) in [6, 6.07) is 14.0. The van der Waals surface area contributed by atoms with E-state index in [1.807, 2.05) is 53.0 Å². The van der Waals surface area contributed by atoms with E-state index >= 15 is 0 Å². The van der Waals surface area contributed by atoms with Gasteiger partial charge in [0.05, 0.1) is 17.3 Å². The van der Waals surface area contributed by atoms with Gasteiger partial charge in [-0.15, -0.1) is 12.8 Å². The normalized spacial score (nSPS) is 12.0. The van der Waals surface area contributed by atoms with Crippen molar-refractivity contribution in [2.75, 3.05) is 32.6 Å². The number of aliphatic imine (C=N–C) groups is 1. The van der Waals surface area contributed by atoms with Gasteiger partial charge >= 0.3 is 6.03 Å². The van der Waals surface area contributed by atoms with E-state index in [1.165, 1.54) is 16.0 Å². The molecule has 0 saturated heterocycles. The number of amides is 3. The summed E-state index contributed by atoms with van der Waals surface area (Å²) in [7, 11) is 5.03. The van der Waals surface area contributed by atoms with Crippen LogP contribution >= 0.6 is 11.6 Å². The lowest BCUT2D eigenvalue weighted by Crippen LogP contribution is -2.47. The molecule has 0 radical (unpaired) electrons. The highest BCUT2D eigenvalue weighted by atomic mass is 35.5. The Morgan fingerprint density at radius 1 is 1.20 bits per heavy atom. The van der Waals surface area contributed by atoms with Crippen molar-refractivity contribution in [1.82, 2.24) is 10.2 Å². The van der Waals surface area contributed by atoms with E-state index in [2.05, 4.69) is 35.8 Å². The number of imide groups is 1. The SMILES string of the molecule is C#C.C=CN=C/C(C)=C\C.CNC[C@@H](c1ccc(C#N)cc1)[C@H](C)C(=O)N(C(=O)N(C)C)c1cc(C)cc(Cl)c1. The largest absolute Gasteiger partial charge is 0.330 e. The molecule has 1 N–H and O–H groups in total. The van der Waals surface area contributed by atoms with E-state index in [4.69, 9.17) is 16.9 Å². The van der Waals surface area contributed by atoms with Gasteiger partial charge in [-0.3, -0.25) is 9.79 Å². The van der Waals surface area contributed by atoms with Crippen LogP contribution in [-0.4, -0.2) is 50.7 Å². The van der Waals surface area contributed by atoms with Crippen molar-refractivity contribution in [1.29, 1.82) is 5.26 Å². The molecule has 0 aliphatic rings. The number of nitriles is 1. The molecular formula is C32H40ClN5O2. The summed E-state index contributed by atoms with van der Waals surface area (Å²) in [5.41, 5.74) is 3.93. The maximum atomic E-state index is 13.6. The summed E-state index contributed by atoms with van der Waals surface area (Å²) in [5.74, 6) is -1.01. The van der Waals surface area contributed by atoms with Crippen LogP contribution in [0.4, 0.5) is 10.5 Å². The molecule has 2 aromatic rings. The van der Waals surface area contributed by atoms with Crippen LogP contribution in [0.2, 0.25) is 5.02 Å². The van der Waals surface area contributed by atoms with Crippen molar-refractivity contribution in [3.8, 4) is 18.9 Å². The molecule has 0 aromatic heterocycles. The van der Waals surface area contributed by atoms with E-state index in [9.17, 15) is 9.59 Å². The number of likely N-dealkylation sites (N-methyl/N-ethyl adjacent to an activating group) is 1. The minimum absolute atomic E-state index is 0.187. The number of carbonyl (C=O) groups is 2. The molecule has 0 fully saturated rings. The summed E-state index contributed by atoms with van der Waals surface area (Å²) in [6.45, 7) is 11.6. The Balaban J connectivity index is 0.00000130. The zero-order valence-electron chi connectivity index (χ0n) is 24.5. The maximum absolute atomic E-state index is 13.6. The number of halogens is 1. The van der Waals surface area contributed by atoms with Crippen molar-refractivity contribution in [2.45, 2.75) is 33.6 Å². The fraction of sp³-hybridized carbons (Fsp3) is 0.312. The first-order valence-corrected chi connectivity index (χ1v) is 13.0. The van der Waals surface area contributed by atoms with Crippen LogP contribution in [0.5, 0.6) is 0 Å². The summed E-state index contributed by atoms with van der Waals surface area (Å²) >= 11 is 6.20. The Labute approximate surface area is 244 Å². The molecule has 0 aliphatic heterocycles. The predicted octanol–water partition coefficient (Wildman–Crippen LogP) is 6.59. The summed E-state index contributed by atoms with van der Waals surface area (Å²) in [4.78, 5) is 32.9. The van der Waals surface area contributed by atoms with Gasteiger partial charge in [-0.1, -0.05) is 43.3 Å². The number of nitrogens with one attached hydrogen (secondary N) is 1. The zero-order chi connectivity index (χ0) is 30.8. The maximum Gasteiger partial charge on any atom is 0.330 e. The van der Waals surface area contributed by atoms with Crippen molar-refractivity contribution >= 4 is 35.4 Å². The third-order valence-electron chi connectivity index (χ3n) is 5.80. The number of allylic oxidation sites excluding steroid dienone is 2. The topological polar surface area (TPSA) is 88.8 Å². The number of terminal acetylenes is 1. The Morgan fingerprint density at radius 3 is 2.25 bits per heavy atom. The molecule has 2 rings (SSSR count). The number of nitrogens with zero attached hydrogens (tertiary/aromatic N) is 4. The molecule has 2 atom stereocenters. The van der Waals surface area contributed by atoms with Crippen LogP contribution in [0.25, 0.3) is 0 Å². The number of hydrogen-bond acceptors (Lipinski definition) is 5. The van der Waals surface area contributed by atoms with E-state index in [1.54, 1.807) is 50.6 Å². The number of aryl methyl sites for hydroxylation is 1. The summed E-state index contributed by atoms with van der Waals surface area (Å²) < 4.78 is 0. The third kappa shape index (κ3) is 11.3. The van der Waals surface area contributed by atoms with Crippen LogP contribution in [-0.2, 0) is 4.79 Å². The number of carbonyl (C=O) groups excluding carboxylic acids is 2. The van der Waals surface area contributed by atoms with E-state index < -0.39 is 11.9 Å². The molecular weight excluding hydrogens is 522 g/mol. The first-order chi connectivity index (χ1) is 19.0. The van der Waals surface area contributed by atoms with E-state index in [0.29, 0.717) is 22.8 Å². The van der Waals surface area contributed by atoms with Crippen molar-refractivity contribution in [2.24, 2.45) is 10.9 Å². The number of urea groups is 1. The Morgan fingerprint density at radius 2 is 1.80 bits per heavy atom. The highest BCUT2D eigenvalue weighted by Gasteiger charge is 2.34. The van der Waals surface area contributed by atoms with E-state index in [-0.39, 0.29) is 11.8 Å². The average Bonchev–Trinajstić information content (AvgIpc) is 2.95. The monoisotopic (exact) mass is 561 g/mol. The molecule has 212 valence electrons. The number of rotatable bonds is 8. The fourth-order valence-corrected chi connectivity index (χ4v) is 3.89. The molecule has 40 heavy (non-hydrogen) atoms. The first kappa shape index (κ1) is 35.8. The Bertz CT molecular complexity index is 1220. The van der Waals surface area contributed by atoms with Gasteiger partial charge in [0.2, 0.25) is 5.91 Å². The quantitative estimate of drug-likeness (QED) is 0.291. The van der Waals surface area contributed by atoms with Crippen molar-refractivity contribution < 1.29 is 9.59 Å². The van der Waals surface area contributed by atoms with Crippen LogP contribution in [0.3, 0.4) is 0 Å². The lowest BCUT2D eigenvalue weighted by Gasteiger charge is -2.31. The molecule has 2 aromatic carbocycles. The molecule has 0 bridgehead atoms. The number of benzene rings is 2. The van der Waals surface area contributed by atoms with Crippen LogP contribution in [0.15, 0.2) is 71.9 Å². The molecule has 7 nitrogen and oxygen atoms in total. The van der Waals surface area contributed by atoms with Gasteiger partial charge < -0.3 is 10.2 Å². The Kier molecular flexibility index (Phi) is 17.0. The number of anilines is 1. The lowest BCUT2D eigenvalue weighted by molar-refractivity contribution is -0.121. The van der Waals surface area contributed by atoms with Gasteiger partial charge in [-0.2, -0.15) is 5.26 Å². The van der Waals surface area contributed by atoms with Crippen LogP contribution in [0.1, 0.15) is 43.4 Å². The third-order valence-corrected chi connectivity index (χ3v) is 6.02. The van der Waals surface area contributed by atoms with Gasteiger partial charge in [-0.25, -0.2) is 9.69 Å². The average molecular weight is 562 g/mol. The molecule has 0 aliphatic carbocycles. The Hall–Kier alpha value is -4.17. The van der Waals surface area contributed by atoms with Crippen molar-refractivity contribution in [3.63, 3.8) is 0 Å². The van der Waals surface area contributed by atoms with E-state index in [0.717, 1.165) is 16.7 Å². The minimum atomic E-state index is -0.506. The highest BCUT2D eigenvalue weighted by Crippen LogP contribution is 2.30. The van der Waals surface area contributed by atoms with Crippen molar-refractivity contribution in [3.05, 3.63) is 88.6 Å². The summed E-state index contributed by atoms with van der Waals surface area (Å²) in [6.07, 6.45) is 13.3. The van der Waals surface area contributed by atoms with Gasteiger partial charge in [0.15, 0.2) is 0 Å². The first-order valence-electron chi connectivity index (χ1n) is 12.6. The highest BCUT2D eigenvalue weighted by molar-refractivity contribution is 6.31. The minimum Gasteiger partial charge on any atom is -0.330 e.